The van der Waals surface area contributed by atoms with Gasteiger partial charge in [0, 0.05) is 23.8 Å². The summed E-state index contributed by atoms with van der Waals surface area (Å²) in [6.07, 6.45) is 0.397. The van der Waals surface area contributed by atoms with E-state index >= 15 is 0 Å². The number of nitrogens with zero attached hydrogens (tertiary/aromatic N) is 3. The van der Waals surface area contributed by atoms with E-state index in [0.717, 1.165) is 4.88 Å². The molecule has 0 atom stereocenters. The van der Waals surface area contributed by atoms with Crippen LogP contribution in [-0.4, -0.2) is 15.2 Å². The van der Waals surface area contributed by atoms with Gasteiger partial charge in [0.1, 0.15) is 17.6 Å². The van der Waals surface area contributed by atoms with Gasteiger partial charge in [0.15, 0.2) is 10.7 Å². The Morgan fingerprint density at radius 3 is 2.88 bits per heavy atom. The third-order valence-corrected chi connectivity index (χ3v) is 4.85. The summed E-state index contributed by atoms with van der Waals surface area (Å²) in [6, 6.07) is 7.66. The minimum atomic E-state index is -0.601. The van der Waals surface area contributed by atoms with E-state index < -0.39 is 5.82 Å². The Balaban J connectivity index is 2.10. The van der Waals surface area contributed by atoms with Crippen LogP contribution < -0.4 is 5.56 Å². The summed E-state index contributed by atoms with van der Waals surface area (Å²) in [6.45, 7) is 3.51. The van der Waals surface area contributed by atoms with Crippen molar-refractivity contribution in [2.24, 2.45) is 0 Å². The van der Waals surface area contributed by atoms with Crippen molar-refractivity contribution in [1.82, 2.24) is 9.38 Å². The molecule has 3 aromatic rings. The van der Waals surface area contributed by atoms with Crippen LogP contribution in [0.2, 0.25) is 0 Å². The number of aromatic nitrogens is 2. The predicted molar refractivity (Wildman–Crippen MR) is 92.6 cm³/mol. The highest BCUT2D eigenvalue weighted by Crippen LogP contribution is 2.22. The van der Waals surface area contributed by atoms with Crippen LogP contribution in [0.5, 0.6) is 0 Å². The lowest BCUT2D eigenvalue weighted by Gasteiger charge is -2.05. The number of carbonyl (C=O) groups excluding carboxylic acids is 1. The van der Waals surface area contributed by atoms with Crippen molar-refractivity contribution < 1.29 is 9.18 Å². The van der Waals surface area contributed by atoms with Gasteiger partial charge in [-0.2, -0.15) is 5.26 Å². The molecule has 0 aliphatic carbocycles. The summed E-state index contributed by atoms with van der Waals surface area (Å²) in [7, 11) is 0. The molecule has 0 aliphatic heterocycles. The molecule has 0 bridgehead atoms. The first-order valence-electron chi connectivity index (χ1n) is 7.69. The third-order valence-electron chi connectivity index (χ3n) is 3.90. The van der Waals surface area contributed by atoms with Gasteiger partial charge in [0.25, 0.3) is 5.56 Å². The number of ketones is 1. The van der Waals surface area contributed by atoms with Gasteiger partial charge in [-0.15, -0.1) is 11.3 Å². The number of hydrogen-bond acceptors (Lipinski definition) is 5. The van der Waals surface area contributed by atoms with Crippen LogP contribution in [-0.2, 0) is 6.42 Å². The standard InChI is InChI=1S/C18H14FN3O2S/c1-3-14(23)17-10(2)25-18-21-13(8-15(24)22(17)18)7-11-5-4-6-12(9-20)16(11)19/h4-6,8H,3,7H2,1-2H3. The lowest BCUT2D eigenvalue weighted by atomic mass is 10.1. The van der Waals surface area contributed by atoms with Crippen molar-refractivity contribution in [1.29, 1.82) is 5.26 Å². The largest absolute Gasteiger partial charge is 0.292 e. The Labute approximate surface area is 147 Å². The minimum Gasteiger partial charge on any atom is -0.292 e. The molecule has 5 nitrogen and oxygen atoms in total. The summed E-state index contributed by atoms with van der Waals surface area (Å²) in [5.41, 5.74) is 0.657. The van der Waals surface area contributed by atoms with E-state index in [1.54, 1.807) is 32.0 Å². The lowest BCUT2D eigenvalue weighted by Crippen LogP contribution is -2.19. The molecule has 0 radical (unpaired) electrons. The number of fused-ring (bicyclic) bond motifs is 1. The van der Waals surface area contributed by atoms with Crippen LogP contribution in [0.25, 0.3) is 4.96 Å². The Kier molecular flexibility index (Phi) is 4.47. The number of aryl methyl sites for hydroxylation is 1. The maximum Gasteiger partial charge on any atom is 0.259 e. The van der Waals surface area contributed by atoms with Crippen LogP contribution in [0, 0.1) is 24.1 Å². The number of nitriles is 1. The molecule has 25 heavy (non-hydrogen) atoms. The van der Waals surface area contributed by atoms with Gasteiger partial charge in [-0.25, -0.2) is 13.8 Å². The third kappa shape index (κ3) is 2.96. The van der Waals surface area contributed by atoms with Gasteiger partial charge in [0.2, 0.25) is 0 Å². The SMILES string of the molecule is CCC(=O)c1c(C)sc2nc(Cc3cccc(C#N)c3F)cc(=O)n12. The first kappa shape index (κ1) is 17.0. The molecule has 0 spiro atoms. The molecule has 0 saturated carbocycles. The topological polar surface area (TPSA) is 75.2 Å². The first-order chi connectivity index (χ1) is 12.0. The number of halogens is 1. The number of hydrogen-bond donors (Lipinski definition) is 0. The molecular weight excluding hydrogens is 341 g/mol. The zero-order valence-corrected chi connectivity index (χ0v) is 14.5. The Morgan fingerprint density at radius 2 is 2.20 bits per heavy atom. The molecule has 3 rings (SSSR count). The lowest BCUT2D eigenvalue weighted by molar-refractivity contribution is 0.0982. The van der Waals surface area contributed by atoms with Crippen molar-refractivity contribution in [3.05, 3.63) is 67.8 Å². The van der Waals surface area contributed by atoms with Gasteiger partial charge in [-0.1, -0.05) is 19.1 Å². The van der Waals surface area contributed by atoms with Crippen molar-refractivity contribution in [2.75, 3.05) is 0 Å². The van der Waals surface area contributed by atoms with E-state index in [0.29, 0.717) is 28.3 Å². The fourth-order valence-corrected chi connectivity index (χ4v) is 3.71. The van der Waals surface area contributed by atoms with Crippen molar-refractivity contribution in [3.8, 4) is 6.07 Å². The van der Waals surface area contributed by atoms with Crippen LogP contribution in [0.4, 0.5) is 4.39 Å². The second-order valence-corrected chi connectivity index (χ2v) is 6.74. The second-order valence-electron chi connectivity index (χ2n) is 5.55. The highest BCUT2D eigenvalue weighted by molar-refractivity contribution is 7.17. The van der Waals surface area contributed by atoms with Gasteiger partial charge in [0.05, 0.1) is 11.3 Å². The van der Waals surface area contributed by atoms with Crippen LogP contribution in [0.15, 0.2) is 29.1 Å². The molecular formula is C18H14FN3O2S. The number of Topliss-reactive ketones (excluding diaryl/α,β-unsaturated/α-hetero) is 1. The molecule has 7 heteroatoms. The fourth-order valence-electron chi connectivity index (χ4n) is 2.70. The average molecular weight is 355 g/mol. The molecule has 0 fully saturated rings. The Morgan fingerprint density at radius 1 is 1.44 bits per heavy atom. The average Bonchev–Trinajstić information content (AvgIpc) is 2.92. The molecule has 2 heterocycles. The van der Waals surface area contributed by atoms with Gasteiger partial charge in [-0.3, -0.25) is 9.59 Å². The zero-order chi connectivity index (χ0) is 18.1. The maximum absolute atomic E-state index is 14.2. The molecule has 0 unspecified atom stereocenters. The molecule has 0 N–H and O–H groups in total. The van der Waals surface area contributed by atoms with Crippen molar-refractivity contribution >= 4 is 22.1 Å². The van der Waals surface area contributed by atoms with E-state index in [2.05, 4.69) is 4.98 Å². The van der Waals surface area contributed by atoms with E-state index in [1.165, 1.54) is 27.9 Å². The summed E-state index contributed by atoms with van der Waals surface area (Å²) < 4.78 is 15.5. The Bertz CT molecular complexity index is 1090. The maximum atomic E-state index is 14.2. The summed E-state index contributed by atoms with van der Waals surface area (Å²) in [5, 5.41) is 8.91. The summed E-state index contributed by atoms with van der Waals surface area (Å²) in [4.78, 5) is 30.1. The Hall–Kier alpha value is -2.85. The van der Waals surface area contributed by atoms with E-state index in [-0.39, 0.29) is 23.3 Å². The number of thiazole rings is 1. The van der Waals surface area contributed by atoms with Gasteiger partial charge >= 0.3 is 0 Å². The molecule has 0 aliphatic rings. The smallest absolute Gasteiger partial charge is 0.259 e. The number of carbonyl (C=O) groups is 1. The van der Waals surface area contributed by atoms with Gasteiger partial charge < -0.3 is 0 Å². The highest BCUT2D eigenvalue weighted by Gasteiger charge is 2.18. The predicted octanol–water partition coefficient (Wildman–Crippen LogP) is 3.26. The summed E-state index contributed by atoms with van der Waals surface area (Å²) >= 11 is 1.26. The quantitative estimate of drug-likeness (QED) is 0.673. The molecule has 2 aromatic heterocycles. The zero-order valence-electron chi connectivity index (χ0n) is 13.7. The molecule has 126 valence electrons. The van der Waals surface area contributed by atoms with Crippen LogP contribution in [0.3, 0.4) is 0 Å². The van der Waals surface area contributed by atoms with Gasteiger partial charge in [-0.05, 0) is 18.6 Å². The second kappa shape index (κ2) is 6.57. The molecule has 1 aromatic carbocycles. The van der Waals surface area contributed by atoms with Crippen molar-refractivity contribution in [2.45, 2.75) is 26.7 Å². The van der Waals surface area contributed by atoms with E-state index in [1.807, 2.05) is 0 Å². The summed E-state index contributed by atoms with van der Waals surface area (Å²) in [5.74, 6) is -0.718. The first-order valence-corrected chi connectivity index (χ1v) is 8.50. The normalized spacial score (nSPS) is 10.8. The van der Waals surface area contributed by atoms with E-state index in [4.69, 9.17) is 5.26 Å². The minimum absolute atomic E-state index is 0.0434. The molecule has 0 saturated heterocycles. The number of rotatable bonds is 4. The molecule has 0 amide bonds. The monoisotopic (exact) mass is 355 g/mol. The van der Waals surface area contributed by atoms with Crippen LogP contribution in [0.1, 0.15) is 45.5 Å². The fraction of sp³-hybridized carbons (Fsp3) is 0.222. The highest BCUT2D eigenvalue weighted by atomic mass is 32.1. The van der Waals surface area contributed by atoms with Crippen molar-refractivity contribution in [3.63, 3.8) is 0 Å². The number of benzene rings is 1. The van der Waals surface area contributed by atoms with E-state index in [9.17, 15) is 14.0 Å². The van der Waals surface area contributed by atoms with Crippen LogP contribution >= 0.6 is 11.3 Å².